The second kappa shape index (κ2) is 4.83. The number of nitrogens with one attached hydrogen (secondary N) is 1. The number of benzene rings is 1. The second-order valence-corrected chi connectivity index (χ2v) is 6.41. The Labute approximate surface area is 124 Å². The van der Waals surface area contributed by atoms with Gasteiger partial charge in [-0.05, 0) is 44.1 Å². The smallest absolute Gasteiger partial charge is 0.254 e. The predicted molar refractivity (Wildman–Crippen MR) is 83.6 cm³/mol. The highest BCUT2D eigenvalue weighted by Crippen LogP contribution is 2.42. The number of aromatic nitrogens is 2. The van der Waals surface area contributed by atoms with Gasteiger partial charge >= 0.3 is 0 Å². The number of aromatic amines is 1. The lowest BCUT2D eigenvalue weighted by atomic mass is 9.77. The van der Waals surface area contributed by atoms with Gasteiger partial charge in [0.05, 0.1) is 5.69 Å². The molecule has 0 spiro atoms. The molecule has 2 saturated carbocycles. The summed E-state index contributed by atoms with van der Waals surface area (Å²) in [6.07, 6.45) is 6.13. The minimum Gasteiger partial charge on any atom is -0.310 e. The zero-order valence-corrected chi connectivity index (χ0v) is 12.4. The van der Waals surface area contributed by atoms with Crippen LogP contribution in [0.2, 0.25) is 0 Å². The molecule has 2 aliphatic rings. The van der Waals surface area contributed by atoms with Gasteiger partial charge < -0.3 is 4.98 Å². The van der Waals surface area contributed by atoms with Gasteiger partial charge in [0.25, 0.3) is 5.56 Å². The van der Waals surface area contributed by atoms with Crippen LogP contribution in [0.15, 0.2) is 29.1 Å². The molecule has 1 N–H and O–H groups in total. The van der Waals surface area contributed by atoms with Crippen LogP contribution in [0.25, 0.3) is 11.3 Å². The third-order valence-corrected chi connectivity index (χ3v) is 4.89. The molecule has 2 aliphatic carbocycles. The SMILES string of the molecule is Cc1c(-c2ccccc2C2CCC2)nc(C2CC2)[nH]c1=O. The molecule has 2 fully saturated rings. The summed E-state index contributed by atoms with van der Waals surface area (Å²) in [4.78, 5) is 20.0. The highest BCUT2D eigenvalue weighted by molar-refractivity contribution is 5.67. The molecule has 21 heavy (non-hydrogen) atoms. The Morgan fingerprint density at radius 3 is 2.52 bits per heavy atom. The highest BCUT2D eigenvalue weighted by atomic mass is 16.1. The first kappa shape index (κ1) is 12.8. The molecule has 1 aromatic heterocycles. The molecule has 2 aromatic rings. The summed E-state index contributed by atoms with van der Waals surface area (Å²) in [6.45, 7) is 1.88. The minimum atomic E-state index is 0.0188. The van der Waals surface area contributed by atoms with Crippen LogP contribution in [0, 0.1) is 6.92 Å². The van der Waals surface area contributed by atoms with Crippen molar-refractivity contribution in [3.63, 3.8) is 0 Å². The van der Waals surface area contributed by atoms with Crippen LogP contribution in [-0.4, -0.2) is 9.97 Å². The van der Waals surface area contributed by atoms with E-state index in [1.807, 2.05) is 6.92 Å². The van der Waals surface area contributed by atoms with Crippen LogP contribution < -0.4 is 5.56 Å². The Bertz CT molecular complexity index is 739. The van der Waals surface area contributed by atoms with Crippen LogP contribution in [-0.2, 0) is 0 Å². The van der Waals surface area contributed by atoms with Crippen LogP contribution in [0.3, 0.4) is 0 Å². The predicted octanol–water partition coefficient (Wildman–Crippen LogP) is 3.89. The Morgan fingerprint density at radius 2 is 1.86 bits per heavy atom. The first-order chi connectivity index (χ1) is 10.2. The standard InChI is InChI=1S/C18H20N2O/c1-11-16(19-17(13-9-10-13)20-18(11)21)15-8-3-2-7-14(15)12-5-4-6-12/h2-3,7-8,12-13H,4-6,9-10H2,1H3,(H,19,20,21). The van der Waals surface area contributed by atoms with Crippen LogP contribution in [0.1, 0.15) is 60.9 Å². The van der Waals surface area contributed by atoms with Crippen LogP contribution in [0.5, 0.6) is 0 Å². The van der Waals surface area contributed by atoms with Gasteiger partial charge in [-0.2, -0.15) is 0 Å². The molecule has 0 unspecified atom stereocenters. The molecule has 0 atom stereocenters. The Balaban J connectivity index is 1.88. The topological polar surface area (TPSA) is 45.8 Å². The summed E-state index contributed by atoms with van der Waals surface area (Å²) in [7, 11) is 0. The maximum atomic E-state index is 12.2. The number of hydrogen-bond acceptors (Lipinski definition) is 2. The van der Waals surface area contributed by atoms with Crippen molar-refractivity contribution in [1.29, 1.82) is 0 Å². The minimum absolute atomic E-state index is 0.0188. The Hall–Kier alpha value is -1.90. The van der Waals surface area contributed by atoms with Gasteiger partial charge in [0.2, 0.25) is 0 Å². The van der Waals surface area contributed by atoms with Crippen molar-refractivity contribution in [2.45, 2.75) is 50.9 Å². The van der Waals surface area contributed by atoms with E-state index >= 15 is 0 Å². The van der Waals surface area contributed by atoms with Crippen molar-refractivity contribution in [2.75, 3.05) is 0 Å². The summed E-state index contributed by atoms with van der Waals surface area (Å²) >= 11 is 0. The fourth-order valence-electron chi connectivity index (χ4n) is 3.15. The van der Waals surface area contributed by atoms with Gasteiger partial charge in [0, 0.05) is 17.0 Å². The van der Waals surface area contributed by atoms with E-state index in [0.717, 1.165) is 35.5 Å². The van der Waals surface area contributed by atoms with Crippen molar-refractivity contribution in [2.24, 2.45) is 0 Å². The van der Waals surface area contributed by atoms with E-state index in [4.69, 9.17) is 4.98 Å². The average Bonchev–Trinajstić information content (AvgIpc) is 3.25. The van der Waals surface area contributed by atoms with Crippen molar-refractivity contribution >= 4 is 0 Å². The maximum absolute atomic E-state index is 12.2. The summed E-state index contributed by atoms with van der Waals surface area (Å²) in [6, 6.07) is 8.48. The molecule has 3 heteroatoms. The van der Waals surface area contributed by atoms with E-state index in [0.29, 0.717) is 11.8 Å². The molecule has 0 amide bonds. The highest BCUT2D eigenvalue weighted by Gasteiger charge is 2.28. The average molecular weight is 280 g/mol. The quantitative estimate of drug-likeness (QED) is 0.927. The molecule has 0 aliphatic heterocycles. The van der Waals surface area contributed by atoms with Crippen LogP contribution >= 0.6 is 0 Å². The molecule has 0 bridgehead atoms. The monoisotopic (exact) mass is 280 g/mol. The summed E-state index contributed by atoms with van der Waals surface area (Å²) in [5.74, 6) is 1.99. The lowest BCUT2D eigenvalue weighted by Gasteiger charge is -2.28. The Kier molecular flexibility index (Phi) is 2.95. The van der Waals surface area contributed by atoms with Crippen molar-refractivity contribution in [3.8, 4) is 11.3 Å². The first-order valence-electron chi connectivity index (χ1n) is 7.94. The lowest BCUT2D eigenvalue weighted by Crippen LogP contribution is -2.17. The molecule has 0 saturated heterocycles. The van der Waals surface area contributed by atoms with E-state index in [2.05, 4.69) is 29.2 Å². The molecule has 108 valence electrons. The van der Waals surface area contributed by atoms with Gasteiger partial charge in [0.15, 0.2) is 0 Å². The van der Waals surface area contributed by atoms with E-state index in [9.17, 15) is 4.79 Å². The number of nitrogens with zero attached hydrogens (tertiary/aromatic N) is 1. The third kappa shape index (κ3) is 2.21. The van der Waals surface area contributed by atoms with Crippen LogP contribution in [0.4, 0.5) is 0 Å². The molecule has 0 radical (unpaired) electrons. The fraction of sp³-hybridized carbons (Fsp3) is 0.444. The van der Waals surface area contributed by atoms with E-state index in [-0.39, 0.29) is 5.56 Å². The second-order valence-electron chi connectivity index (χ2n) is 6.41. The first-order valence-corrected chi connectivity index (χ1v) is 7.94. The Morgan fingerprint density at radius 1 is 1.10 bits per heavy atom. The summed E-state index contributed by atoms with van der Waals surface area (Å²) in [5, 5.41) is 0. The maximum Gasteiger partial charge on any atom is 0.254 e. The zero-order valence-electron chi connectivity index (χ0n) is 12.4. The van der Waals surface area contributed by atoms with Gasteiger partial charge in [0.1, 0.15) is 5.82 Å². The van der Waals surface area contributed by atoms with Crippen molar-refractivity contribution in [1.82, 2.24) is 9.97 Å². The summed E-state index contributed by atoms with van der Waals surface area (Å²) in [5.41, 5.74) is 4.18. The van der Waals surface area contributed by atoms with E-state index in [1.165, 1.54) is 24.8 Å². The number of H-pyrrole nitrogens is 1. The molecule has 3 nitrogen and oxygen atoms in total. The van der Waals surface area contributed by atoms with Gasteiger partial charge in [-0.1, -0.05) is 30.7 Å². The van der Waals surface area contributed by atoms with Gasteiger partial charge in [-0.25, -0.2) is 4.98 Å². The number of hydrogen-bond donors (Lipinski definition) is 1. The number of rotatable bonds is 3. The van der Waals surface area contributed by atoms with E-state index in [1.54, 1.807) is 0 Å². The van der Waals surface area contributed by atoms with E-state index < -0.39 is 0 Å². The molecule has 1 aromatic carbocycles. The molecular weight excluding hydrogens is 260 g/mol. The summed E-state index contributed by atoms with van der Waals surface area (Å²) < 4.78 is 0. The largest absolute Gasteiger partial charge is 0.310 e. The van der Waals surface area contributed by atoms with Gasteiger partial charge in [-0.3, -0.25) is 4.79 Å². The normalized spacial score (nSPS) is 18.5. The fourth-order valence-corrected chi connectivity index (χ4v) is 3.15. The molecule has 4 rings (SSSR count). The third-order valence-electron chi connectivity index (χ3n) is 4.89. The molecular formula is C18H20N2O. The lowest BCUT2D eigenvalue weighted by molar-refractivity contribution is 0.420. The zero-order chi connectivity index (χ0) is 14.4. The van der Waals surface area contributed by atoms with Crippen molar-refractivity contribution in [3.05, 3.63) is 51.6 Å². The van der Waals surface area contributed by atoms with Gasteiger partial charge in [-0.15, -0.1) is 0 Å². The molecule has 1 heterocycles. The van der Waals surface area contributed by atoms with Crippen molar-refractivity contribution < 1.29 is 0 Å².